The smallest absolute Gasteiger partial charge is 0.336 e. The molecule has 0 fully saturated rings. The molecule has 0 amide bonds. The molecule has 1 aromatic heterocycles. The van der Waals surface area contributed by atoms with Crippen LogP contribution in [0.15, 0.2) is 55.7 Å². The zero-order valence-corrected chi connectivity index (χ0v) is 11.3. The molecule has 0 saturated carbocycles. The Bertz CT molecular complexity index is 742. The summed E-state index contributed by atoms with van der Waals surface area (Å²) in [6, 6.07) is 7.22. The Balaban J connectivity index is 2.90. The second kappa shape index (κ2) is 5.53. The van der Waals surface area contributed by atoms with Gasteiger partial charge in [0.05, 0.1) is 16.8 Å². The highest BCUT2D eigenvalue weighted by Gasteiger charge is 2.17. The van der Waals surface area contributed by atoms with Gasteiger partial charge in [0.25, 0.3) is 0 Å². The van der Waals surface area contributed by atoms with E-state index in [2.05, 4.69) is 18.1 Å². The number of hydrogen-bond donors (Lipinski definition) is 1. The maximum absolute atomic E-state index is 11.6. The molecule has 1 N–H and O–H groups in total. The fraction of sp³-hybridized carbons (Fsp3) is 0.0588. The van der Waals surface area contributed by atoms with Gasteiger partial charge in [-0.15, -0.1) is 0 Å². The van der Waals surface area contributed by atoms with Crippen LogP contribution < -0.4 is 0 Å². The van der Waals surface area contributed by atoms with Gasteiger partial charge in [0, 0.05) is 5.39 Å². The fourth-order valence-electron chi connectivity index (χ4n) is 2.23. The standard InChI is InChI=1S/C17H15NO2/c1-4-8-12(5-2)16-11(3)15(17(19)20)13-9-6-7-10-14(13)18-16/h4-10H,1-2H2,3H3,(H,19,20)/b12-8+. The number of nitrogens with zero attached hydrogens (tertiary/aromatic N) is 1. The molecule has 0 bridgehead atoms. The summed E-state index contributed by atoms with van der Waals surface area (Å²) in [5, 5.41) is 10.1. The van der Waals surface area contributed by atoms with Crippen molar-refractivity contribution in [2.45, 2.75) is 6.92 Å². The summed E-state index contributed by atoms with van der Waals surface area (Å²) >= 11 is 0. The molecule has 0 saturated heterocycles. The zero-order valence-electron chi connectivity index (χ0n) is 11.3. The number of allylic oxidation sites excluding steroid dienone is 4. The van der Waals surface area contributed by atoms with E-state index < -0.39 is 5.97 Å². The maximum Gasteiger partial charge on any atom is 0.336 e. The van der Waals surface area contributed by atoms with Crippen molar-refractivity contribution in [3.63, 3.8) is 0 Å². The largest absolute Gasteiger partial charge is 0.478 e. The molecule has 20 heavy (non-hydrogen) atoms. The van der Waals surface area contributed by atoms with E-state index in [9.17, 15) is 9.90 Å². The van der Waals surface area contributed by atoms with E-state index in [4.69, 9.17) is 0 Å². The van der Waals surface area contributed by atoms with Gasteiger partial charge in [-0.2, -0.15) is 0 Å². The molecule has 2 rings (SSSR count). The van der Waals surface area contributed by atoms with Crippen LogP contribution in [0.3, 0.4) is 0 Å². The molecular formula is C17H15NO2. The van der Waals surface area contributed by atoms with Gasteiger partial charge in [-0.25, -0.2) is 9.78 Å². The number of para-hydroxylation sites is 1. The molecule has 3 heteroatoms. The maximum atomic E-state index is 11.6. The predicted octanol–water partition coefficient (Wildman–Crippen LogP) is 4.00. The number of benzene rings is 1. The summed E-state index contributed by atoms with van der Waals surface area (Å²) in [7, 11) is 0. The minimum Gasteiger partial charge on any atom is -0.478 e. The number of pyridine rings is 1. The Morgan fingerprint density at radius 2 is 2.00 bits per heavy atom. The second-order valence-corrected chi connectivity index (χ2v) is 4.34. The van der Waals surface area contributed by atoms with Crippen molar-refractivity contribution in [3.05, 3.63) is 72.5 Å². The van der Waals surface area contributed by atoms with E-state index >= 15 is 0 Å². The van der Waals surface area contributed by atoms with E-state index in [-0.39, 0.29) is 5.56 Å². The lowest BCUT2D eigenvalue weighted by Gasteiger charge is -2.12. The summed E-state index contributed by atoms with van der Waals surface area (Å²) in [6.07, 6.45) is 5.05. The molecule has 0 atom stereocenters. The van der Waals surface area contributed by atoms with Crippen LogP contribution in [0, 0.1) is 6.92 Å². The number of fused-ring (bicyclic) bond motifs is 1. The highest BCUT2D eigenvalue weighted by Crippen LogP contribution is 2.27. The summed E-state index contributed by atoms with van der Waals surface area (Å²) in [4.78, 5) is 16.1. The van der Waals surface area contributed by atoms with E-state index in [1.165, 1.54) is 0 Å². The van der Waals surface area contributed by atoms with Crippen molar-refractivity contribution in [2.75, 3.05) is 0 Å². The minimum atomic E-state index is -0.954. The molecule has 0 aliphatic rings. The first-order valence-corrected chi connectivity index (χ1v) is 6.18. The van der Waals surface area contributed by atoms with Crippen molar-refractivity contribution in [1.29, 1.82) is 0 Å². The molecule has 0 aliphatic carbocycles. The van der Waals surface area contributed by atoms with Gasteiger partial charge in [-0.3, -0.25) is 0 Å². The summed E-state index contributed by atoms with van der Waals surface area (Å²) in [5.74, 6) is -0.954. The molecule has 2 aromatic rings. The summed E-state index contributed by atoms with van der Waals surface area (Å²) in [5.41, 5.74) is 2.94. The molecule has 100 valence electrons. The van der Waals surface area contributed by atoms with Gasteiger partial charge >= 0.3 is 5.97 Å². The Morgan fingerprint density at radius 1 is 1.30 bits per heavy atom. The normalized spacial score (nSPS) is 11.3. The van der Waals surface area contributed by atoms with Crippen LogP contribution in [-0.4, -0.2) is 16.1 Å². The third-order valence-electron chi connectivity index (χ3n) is 3.14. The van der Waals surface area contributed by atoms with Crippen LogP contribution in [0.1, 0.15) is 21.6 Å². The first-order chi connectivity index (χ1) is 9.60. The van der Waals surface area contributed by atoms with Crippen molar-refractivity contribution < 1.29 is 9.90 Å². The third-order valence-corrected chi connectivity index (χ3v) is 3.14. The van der Waals surface area contributed by atoms with E-state index in [1.54, 1.807) is 37.3 Å². The number of aromatic nitrogens is 1. The van der Waals surface area contributed by atoms with Crippen molar-refractivity contribution in [3.8, 4) is 0 Å². The van der Waals surface area contributed by atoms with Crippen LogP contribution >= 0.6 is 0 Å². The first kappa shape index (κ1) is 13.7. The van der Waals surface area contributed by atoms with Gasteiger partial charge < -0.3 is 5.11 Å². The van der Waals surface area contributed by atoms with E-state index in [0.29, 0.717) is 22.2 Å². The SMILES string of the molecule is C=C/C=C(\C=C)c1nc2ccccc2c(C(=O)O)c1C. The molecule has 0 aliphatic heterocycles. The average Bonchev–Trinajstić information content (AvgIpc) is 2.44. The fourth-order valence-corrected chi connectivity index (χ4v) is 2.23. The average molecular weight is 265 g/mol. The van der Waals surface area contributed by atoms with Crippen LogP contribution in [0.25, 0.3) is 16.5 Å². The lowest BCUT2D eigenvalue weighted by atomic mass is 9.97. The summed E-state index contributed by atoms with van der Waals surface area (Å²) in [6.45, 7) is 9.17. The van der Waals surface area contributed by atoms with Gasteiger partial charge in [0.15, 0.2) is 0 Å². The Labute approximate surface area is 117 Å². The predicted molar refractivity (Wildman–Crippen MR) is 81.8 cm³/mol. The van der Waals surface area contributed by atoms with Gasteiger partial charge in [-0.05, 0) is 24.1 Å². The Kier molecular flexibility index (Phi) is 3.80. The number of carboxylic acid groups (broad SMARTS) is 1. The van der Waals surface area contributed by atoms with Crippen LogP contribution in [0.4, 0.5) is 0 Å². The van der Waals surface area contributed by atoms with Crippen molar-refractivity contribution in [1.82, 2.24) is 4.98 Å². The number of aromatic carboxylic acids is 1. The number of carbonyl (C=O) groups is 1. The topological polar surface area (TPSA) is 50.2 Å². The lowest BCUT2D eigenvalue weighted by molar-refractivity contribution is 0.0698. The second-order valence-electron chi connectivity index (χ2n) is 4.34. The van der Waals surface area contributed by atoms with Gasteiger partial charge in [0.2, 0.25) is 0 Å². The molecule has 0 spiro atoms. The van der Waals surface area contributed by atoms with Crippen LogP contribution in [-0.2, 0) is 0 Å². The summed E-state index contributed by atoms with van der Waals surface area (Å²) < 4.78 is 0. The first-order valence-electron chi connectivity index (χ1n) is 6.18. The molecule has 0 unspecified atom stereocenters. The van der Waals surface area contributed by atoms with Crippen molar-refractivity contribution >= 4 is 22.4 Å². The van der Waals surface area contributed by atoms with Crippen LogP contribution in [0.5, 0.6) is 0 Å². The Hall–Kier alpha value is -2.68. The quantitative estimate of drug-likeness (QED) is 0.850. The number of carboxylic acids is 1. The van der Waals surface area contributed by atoms with Crippen LogP contribution in [0.2, 0.25) is 0 Å². The Morgan fingerprint density at radius 3 is 2.60 bits per heavy atom. The zero-order chi connectivity index (χ0) is 14.7. The third kappa shape index (κ3) is 2.26. The highest BCUT2D eigenvalue weighted by molar-refractivity contribution is 6.05. The molecule has 3 nitrogen and oxygen atoms in total. The number of rotatable bonds is 4. The molecule has 1 aromatic carbocycles. The minimum absolute atomic E-state index is 0.280. The molecule has 1 heterocycles. The number of hydrogen-bond acceptors (Lipinski definition) is 2. The van der Waals surface area contributed by atoms with E-state index in [1.807, 2.05) is 12.1 Å². The van der Waals surface area contributed by atoms with Gasteiger partial charge in [0.1, 0.15) is 0 Å². The highest BCUT2D eigenvalue weighted by atomic mass is 16.4. The monoisotopic (exact) mass is 265 g/mol. The molecular weight excluding hydrogens is 250 g/mol. The van der Waals surface area contributed by atoms with E-state index in [0.717, 1.165) is 5.57 Å². The lowest BCUT2D eigenvalue weighted by Crippen LogP contribution is -2.06. The molecule has 0 radical (unpaired) electrons. The van der Waals surface area contributed by atoms with Crippen molar-refractivity contribution in [2.24, 2.45) is 0 Å². The van der Waals surface area contributed by atoms with Gasteiger partial charge in [-0.1, -0.05) is 49.6 Å².